The van der Waals surface area contributed by atoms with E-state index in [1.165, 1.54) is 6.42 Å². The first-order valence-corrected chi connectivity index (χ1v) is 6.64. The van der Waals surface area contributed by atoms with Crippen LogP contribution in [0.1, 0.15) is 35.2 Å². The van der Waals surface area contributed by atoms with Gasteiger partial charge in [0, 0.05) is 18.7 Å². The van der Waals surface area contributed by atoms with Gasteiger partial charge >= 0.3 is 0 Å². The van der Waals surface area contributed by atoms with Crippen LogP contribution in [0.15, 0.2) is 12.1 Å². The molecule has 1 aromatic carbocycles. The molecule has 0 bridgehead atoms. The maximum atomic E-state index is 12.4. The summed E-state index contributed by atoms with van der Waals surface area (Å²) >= 11 is 6.09. The van der Waals surface area contributed by atoms with Crippen molar-refractivity contribution in [2.75, 3.05) is 20.2 Å². The lowest BCUT2D eigenvalue weighted by Gasteiger charge is -2.27. The number of amides is 1. The van der Waals surface area contributed by atoms with Gasteiger partial charge in [-0.05, 0) is 43.9 Å². The first kappa shape index (κ1) is 13.2. The zero-order chi connectivity index (χ0) is 13.1. The van der Waals surface area contributed by atoms with Crippen LogP contribution in [0.3, 0.4) is 0 Å². The molecule has 0 aliphatic carbocycles. The minimum Gasteiger partial charge on any atom is -0.495 e. The Kier molecular flexibility index (Phi) is 4.12. The SMILES string of the molecule is COc1cc(C)c(C(=O)N2CCCCC2)cc1Cl. The molecule has 98 valence electrons. The van der Waals surface area contributed by atoms with Crippen LogP contribution in [0.4, 0.5) is 0 Å². The third-order valence-electron chi connectivity index (χ3n) is 3.37. The van der Waals surface area contributed by atoms with Gasteiger partial charge in [0.1, 0.15) is 5.75 Å². The number of carbonyl (C=O) groups excluding carboxylic acids is 1. The fourth-order valence-electron chi connectivity index (χ4n) is 2.31. The van der Waals surface area contributed by atoms with Crippen molar-refractivity contribution in [3.63, 3.8) is 0 Å². The van der Waals surface area contributed by atoms with Crippen LogP contribution in [0.2, 0.25) is 5.02 Å². The van der Waals surface area contributed by atoms with Gasteiger partial charge in [0.2, 0.25) is 0 Å². The summed E-state index contributed by atoms with van der Waals surface area (Å²) in [5.41, 5.74) is 1.59. The third kappa shape index (κ3) is 2.61. The quantitative estimate of drug-likeness (QED) is 0.823. The number of halogens is 1. The predicted octanol–water partition coefficient (Wildman–Crippen LogP) is 3.28. The van der Waals surface area contributed by atoms with Gasteiger partial charge in [0.15, 0.2) is 0 Å². The fraction of sp³-hybridized carbons (Fsp3) is 0.500. The van der Waals surface area contributed by atoms with Crippen molar-refractivity contribution in [1.82, 2.24) is 4.90 Å². The first-order chi connectivity index (χ1) is 8.63. The lowest BCUT2D eigenvalue weighted by molar-refractivity contribution is 0.0723. The van der Waals surface area contributed by atoms with Gasteiger partial charge in [-0.15, -0.1) is 0 Å². The van der Waals surface area contributed by atoms with Gasteiger partial charge in [-0.3, -0.25) is 4.79 Å². The van der Waals surface area contributed by atoms with E-state index in [0.29, 0.717) is 16.3 Å². The number of hydrogen-bond acceptors (Lipinski definition) is 2. The van der Waals surface area contributed by atoms with E-state index in [4.69, 9.17) is 16.3 Å². The molecule has 0 N–H and O–H groups in total. The van der Waals surface area contributed by atoms with Gasteiger partial charge in [0.05, 0.1) is 12.1 Å². The van der Waals surface area contributed by atoms with Gasteiger partial charge in [-0.25, -0.2) is 0 Å². The van der Waals surface area contributed by atoms with E-state index < -0.39 is 0 Å². The number of benzene rings is 1. The summed E-state index contributed by atoms with van der Waals surface area (Å²) in [6.07, 6.45) is 3.40. The molecule has 1 aromatic rings. The van der Waals surface area contributed by atoms with Crippen molar-refractivity contribution < 1.29 is 9.53 Å². The largest absolute Gasteiger partial charge is 0.495 e. The van der Waals surface area contributed by atoms with E-state index in [0.717, 1.165) is 31.5 Å². The molecule has 4 heteroatoms. The number of methoxy groups -OCH3 is 1. The third-order valence-corrected chi connectivity index (χ3v) is 3.67. The van der Waals surface area contributed by atoms with Crippen molar-refractivity contribution in [3.8, 4) is 5.75 Å². The summed E-state index contributed by atoms with van der Waals surface area (Å²) in [5.74, 6) is 0.695. The predicted molar refractivity (Wildman–Crippen MR) is 72.5 cm³/mol. The Balaban J connectivity index is 2.27. The standard InChI is InChI=1S/C14H18ClNO2/c1-10-8-13(18-2)12(15)9-11(10)14(17)16-6-4-3-5-7-16/h8-9H,3-7H2,1-2H3. The highest BCUT2D eigenvalue weighted by Crippen LogP contribution is 2.28. The number of nitrogens with zero attached hydrogens (tertiary/aromatic N) is 1. The highest BCUT2D eigenvalue weighted by Gasteiger charge is 2.20. The smallest absolute Gasteiger partial charge is 0.254 e. The summed E-state index contributed by atoms with van der Waals surface area (Å²) in [7, 11) is 1.58. The van der Waals surface area contributed by atoms with E-state index in [2.05, 4.69) is 0 Å². The molecule has 1 fully saturated rings. The summed E-state index contributed by atoms with van der Waals surface area (Å²) in [6, 6.07) is 3.53. The van der Waals surface area contributed by atoms with Crippen LogP contribution in [0.5, 0.6) is 5.75 Å². The lowest BCUT2D eigenvalue weighted by atomic mass is 10.0. The number of aryl methyl sites for hydroxylation is 1. The Labute approximate surface area is 113 Å². The van der Waals surface area contributed by atoms with Crippen molar-refractivity contribution in [2.45, 2.75) is 26.2 Å². The summed E-state index contributed by atoms with van der Waals surface area (Å²) < 4.78 is 5.15. The van der Waals surface area contributed by atoms with Gasteiger partial charge in [-0.1, -0.05) is 11.6 Å². The molecule has 1 aliphatic heterocycles. The Morgan fingerprint density at radius 2 is 1.94 bits per heavy atom. The molecular weight excluding hydrogens is 250 g/mol. The van der Waals surface area contributed by atoms with E-state index in [-0.39, 0.29) is 5.91 Å². The molecule has 0 saturated carbocycles. The Bertz CT molecular complexity index is 453. The second-order valence-electron chi connectivity index (χ2n) is 4.65. The van der Waals surface area contributed by atoms with Gasteiger partial charge in [-0.2, -0.15) is 0 Å². The zero-order valence-electron chi connectivity index (χ0n) is 10.8. The van der Waals surface area contributed by atoms with Crippen LogP contribution in [0, 0.1) is 6.92 Å². The van der Waals surface area contributed by atoms with Gasteiger partial charge in [0.25, 0.3) is 5.91 Å². The maximum absolute atomic E-state index is 12.4. The van der Waals surface area contributed by atoms with Crippen LogP contribution >= 0.6 is 11.6 Å². The molecule has 1 saturated heterocycles. The van der Waals surface area contributed by atoms with E-state index in [1.807, 2.05) is 17.9 Å². The normalized spacial score (nSPS) is 15.6. The fourth-order valence-corrected chi connectivity index (χ4v) is 2.55. The number of hydrogen-bond donors (Lipinski definition) is 0. The average molecular weight is 268 g/mol. The van der Waals surface area contributed by atoms with Crippen LogP contribution in [-0.2, 0) is 0 Å². The number of carbonyl (C=O) groups is 1. The van der Waals surface area contributed by atoms with E-state index in [9.17, 15) is 4.79 Å². The van der Waals surface area contributed by atoms with Crippen molar-refractivity contribution in [1.29, 1.82) is 0 Å². The van der Waals surface area contributed by atoms with E-state index >= 15 is 0 Å². The number of ether oxygens (including phenoxy) is 1. The minimum atomic E-state index is 0.0803. The molecule has 0 spiro atoms. The molecule has 2 rings (SSSR count). The second-order valence-corrected chi connectivity index (χ2v) is 5.06. The van der Waals surface area contributed by atoms with Gasteiger partial charge < -0.3 is 9.64 Å². The zero-order valence-corrected chi connectivity index (χ0v) is 11.6. The second kappa shape index (κ2) is 5.61. The summed E-state index contributed by atoms with van der Waals surface area (Å²) in [6.45, 7) is 3.61. The van der Waals surface area contributed by atoms with Crippen LogP contribution in [-0.4, -0.2) is 31.0 Å². The Morgan fingerprint density at radius 3 is 2.56 bits per heavy atom. The molecule has 0 radical (unpaired) electrons. The Morgan fingerprint density at radius 1 is 1.28 bits per heavy atom. The maximum Gasteiger partial charge on any atom is 0.254 e. The number of rotatable bonds is 2. The van der Waals surface area contributed by atoms with Crippen LogP contribution in [0.25, 0.3) is 0 Å². The lowest BCUT2D eigenvalue weighted by Crippen LogP contribution is -2.35. The number of piperidine rings is 1. The number of likely N-dealkylation sites (tertiary alicyclic amines) is 1. The van der Waals surface area contributed by atoms with Crippen LogP contribution < -0.4 is 4.74 Å². The molecule has 1 aliphatic rings. The molecule has 1 amide bonds. The molecule has 1 heterocycles. The molecular formula is C14H18ClNO2. The first-order valence-electron chi connectivity index (χ1n) is 6.27. The molecule has 18 heavy (non-hydrogen) atoms. The minimum absolute atomic E-state index is 0.0803. The Hall–Kier alpha value is -1.22. The highest BCUT2D eigenvalue weighted by atomic mass is 35.5. The molecule has 0 aromatic heterocycles. The molecule has 3 nitrogen and oxygen atoms in total. The average Bonchev–Trinajstić information content (AvgIpc) is 2.41. The van der Waals surface area contributed by atoms with E-state index in [1.54, 1.807) is 13.2 Å². The van der Waals surface area contributed by atoms with Crippen molar-refractivity contribution in [3.05, 3.63) is 28.3 Å². The monoisotopic (exact) mass is 267 g/mol. The molecule has 0 atom stereocenters. The topological polar surface area (TPSA) is 29.5 Å². The van der Waals surface area contributed by atoms with Crippen molar-refractivity contribution >= 4 is 17.5 Å². The molecule has 0 unspecified atom stereocenters. The summed E-state index contributed by atoms with van der Waals surface area (Å²) in [4.78, 5) is 14.3. The highest BCUT2D eigenvalue weighted by molar-refractivity contribution is 6.32. The van der Waals surface area contributed by atoms with Crippen molar-refractivity contribution in [2.24, 2.45) is 0 Å². The summed E-state index contributed by atoms with van der Waals surface area (Å²) in [5, 5.41) is 0.489.